The second-order valence-electron chi connectivity index (χ2n) is 6.82. The number of anilines is 1. The summed E-state index contributed by atoms with van der Waals surface area (Å²) in [6.45, 7) is 6.50. The number of thioether (sulfide) groups is 1. The van der Waals surface area contributed by atoms with Crippen molar-refractivity contribution in [2.45, 2.75) is 38.6 Å². The Labute approximate surface area is 191 Å². The number of amides is 1. The minimum absolute atomic E-state index is 0.136. The Hall–Kier alpha value is -2.71. The number of ether oxygens (including phenoxy) is 2. The predicted molar refractivity (Wildman–Crippen MR) is 123 cm³/mol. The van der Waals surface area contributed by atoms with Gasteiger partial charge in [-0.05, 0) is 50.6 Å². The first-order valence-corrected chi connectivity index (χ1v) is 11.2. The van der Waals surface area contributed by atoms with Crippen LogP contribution in [0.3, 0.4) is 0 Å². The van der Waals surface area contributed by atoms with Crippen LogP contribution in [0.2, 0.25) is 5.02 Å². The maximum atomic E-state index is 12.4. The van der Waals surface area contributed by atoms with Crippen molar-refractivity contribution in [3.8, 4) is 11.5 Å². The van der Waals surface area contributed by atoms with Gasteiger partial charge in [-0.15, -0.1) is 10.2 Å². The molecule has 1 amide bonds. The Bertz CT molecular complexity index is 1060. The van der Waals surface area contributed by atoms with Gasteiger partial charge in [0.25, 0.3) is 0 Å². The van der Waals surface area contributed by atoms with Gasteiger partial charge in [0.15, 0.2) is 17.1 Å². The number of halogens is 1. The average Bonchev–Trinajstić information content (AvgIpc) is 3.18. The molecule has 3 aromatic rings. The first-order chi connectivity index (χ1) is 14.9. The summed E-state index contributed by atoms with van der Waals surface area (Å²) in [5, 5.41) is 12.7. The van der Waals surface area contributed by atoms with Crippen LogP contribution < -0.4 is 14.8 Å². The maximum absolute atomic E-state index is 12.4. The summed E-state index contributed by atoms with van der Waals surface area (Å²) in [5.74, 6) is 2.17. The minimum atomic E-state index is -0.322. The summed E-state index contributed by atoms with van der Waals surface area (Å²) >= 11 is 7.35. The molecule has 7 nitrogen and oxygen atoms in total. The number of aromatic nitrogens is 3. The standard InChI is InChI=1S/C22H25ClN4O3S/c1-5-27-21(15(3)30-18-8-6-7-17(12-18)29-4)25-26-22(27)31-13-20(28)24-19-11-16(23)10-9-14(19)2/h6-12,15H,5,13H2,1-4H3,(H,24,28). The monoisotopic (exact) mass is 460 g/mol. The molecule has 1 N–H and O–H groups in total. The first-order valence-electron chi connectivity index (χ1n) is 9.83. The zero-order valence-electron chi connectivity index (χ0n) is 17.9. The van der Waals surface area contributed by atoms with Gasteiger partial charge in [-0.1, -0.05) is 35.5 Å². The summed E-state index contributed by atoms with van der Waals surface area (Å²) in [6, 6.07) is 12.8. The molecule has 3 rings (SSSR count). The third-order valence-corrected chi connectivity index (χ3v) is 5.79. The zero-order chi connectivity index (χ0) is 22.4. The van der Waals surface area contributed by atoms with Gasteiger partial charge < -0.3 is 19.4 Å². The summed E-state index contributed by atoms with van der Waals surface area (Å²) in [4.78, 5) is 12.4. The van der Waals surface area contributed by atoms with Crippen LogP contribution in [0.1, 0.15) is 31.3 Å². The fourth-order valence-electron chi connectivity index (χ4n) is 2.98. The number of hydrogen-bond acceptors (Lipinski definition) is 6. The highest BCUT2D eigenvalue weighted by atomic mass is 35.5. The molecular formula is C22H25ClN4O3S. The number of rotatable bonds is 9. The highest BCUT2D eigenvalue weighted by Gasteiger charge is 2.20. The van der Waals surface area contributed by atoms with Crippen molar-refractivity contribution >= 4 is 35.0 Å². The number of nitrogens with one attached hydrogen (secondary N) is 1. The summed E-state index contributed by atoms with van der Waals surface area (Å²) < 4.78 is 13.2. The Balaban J connectivity index is 1.65. The van der Waals surface area contributed by atoms with E-state index in [1.54, 1.807) is 19.2 Å². The van der Waals surface area contributed by atoms with Crippen molar-refractivity contribution in [2.24, 2.45) is 0 Å². The molecule has 164 valence electrons. The van der Waals surface area contributed by atoms with Gasteiger partial charge in [0.1, 0.15) is 11.5 Å². The molecule has 0 spiro atoms. The van der Waals surface area contributed by atoms with Crippen LogP contribution in [0.5, 0.6) is 11.5 Å². The largest absolute Gasteiger partial charge is 0.497 e. The van der Waals surface area contributed by atoms with E-state index in [-0.39, 0.29) is 17.8 Å². The number of nitrogens with zero attached hydrogens (tertiary/aromatic N) is 3. The molecule has 9 heteroatoms. The number of carbonyl (C=O) groups is 1. The summed E-state index contributed by atoms with van der Waals surface area (Å²) in [6.07, 6.45) is -0.322. The Morgan fingerprint density at radius 1 is 1.23 bits per heavy atom. The van der Waals surface area contributed by atoms with E-state index in [4.69, 9.17) is 21.1 Å². The molecule has 1 unspecified atom stereocenters. The van der Waals surface area contributed by atoms with Crippen LogP contribution in [-0.2, 0) is 11.3 Å². The van der Waals surface area contributed by atoms with Gasteiger partial charge in [0, 0.05) is 23.3 Å². The average molecular weight is 461 g/mol. The van der Waals surface area contributed by atoms with Crippen LogP contribution in [-0.4, -0.2) is 33.5 Å². The predicted octanol–water partition coefficient (Wildman–Crippen LogP) is 5.14. The highest BCUT2D eigenvalue weighted by Crippen LogP contribution is 2.27. The molecule has 0 saturated heterocycles. The van der Waals surface area contributed by atoms with E-state index in [2.05, 4.69) is 15.5 Å². The van der Waals surface area contributed by atoms with Gasteiger partial charge >= 0.3 is 0 Å². The van der Waals surface area contributed by atoms with E-state index in [0.29, 0.717) is 34.0 Å². The second kappa shape index (κ2) is 10.5. The molecule has 0 aliphatic rings. The molecule has 2 aromatic carbocycles. The van der Waals surface area contributed by atoms with Gasteiger partial charge in [-0.2, -0.15) is 0 Å². The molecule has 1 heterocycles. The van der Waals surface area contributed by atoms with Crippen molar-refractivity contribution < 1.29 is 14.3 Å². The lowest BCUT2D eigenvalue weighted by Crippen LogP contribution is -2.16. The zero-order valence-corrected chi connectivity index (χ0v) is 19.5. The number of carbonyl (C=O) groups excluding carboxylic acids is 1. The number of hydrogen-bond donors (Lipinski definition) is 1. The van der Waals surface area contributed by atoms with Crippen molar-refractivity contribution in [3.05, 3.63) is 58.9 Å². The quantitative estimate of drug-likeness (QED) is 0.445. The number of methoxy groups -OCH3 is 1. The molecule has 0 bridgehead atoms. The van der Waals surface area contributed by atoms with Crippen molar-refractivity contribution in [3.63, 3.8) is 0 Å². The summed E-state index contributed by atoms with van der Waals surface area (Å²) in [7, 11) is 1.61. The maximum Gasteiger partial charge on any atom is 0.234 e. The van der Waals surface area contributed by atoms with Crippen LogP contribution >= 0.6 is 23.4 Å². The fourth-order valence-corrected chi connectivity index (χ4v) is 3.96. The molecule has 0 radical (unpaired) electrons. The Morgan fingerprint density at radius 2 is 2.00 bits per heavy atom. The molecule has 0 aliphatic heterocycles. The lowest BCUT2D eigenvalue weighted by atomic mass is 10.2. The van der Waals surface area contributed by atoms with E-state index in [1.165, 1.54) is 11.8 Å². The molecule has 1 atom stereocenters. The third kappa shape index (κ3) is 5.92. The van der Waals surface area contributed by atoms with Gasteiger partial charge in [0.2, 0.25) is 5.91 Å². The van der Waals surface area contributed by atoms with Crippen LogP contribution in [0.4, 0.5) is 5.69 Å². The Kier molecular flexibility index (Phi) is 7.81. The second-order valence-corrected chi connectivity index (χ2v) is 8.20. The van der Waals surface area contributed by atoms with Crippen LogP contribution in [0.25, 0.3) is 0 Å². The lowest BCUT2D eigenvalue weighted by Gasteiger charge is -2.16. The van der Waals surface area contributed by atoms with E-state index in [1.807, 2.05) is 55.7 Å². The molecular weight excluding hydrogens is 436 g/mol. The molecule has 0 saturated carbocycles. The number of benzene rings is 2. The van der Waals surface area contributed by atoms with Crippen molar-refractivity contribution in [1.29, 1.82) is 0 Å². The van der Waals surface area contributed by atoms with Crippen LogP contribution in [0, 0.1) is 6.92 Å². The van der Waals surface area contributed by atoms with Crippen molar-refractivity contribution in [1.82, 2.24) is 14.8 Å². The normalized spacial score (nSPS) is 11.8. The van der Waals surface area contributed by atoms with Crippen LogP contribution in [0.15, 0.2) is 47.6 Å². The first kappa shape index (κ1) is 23.0. The lowest BCUT2D eigenvalue weighted by molar-refractivity contribution is -0.113. The summed E-state index contributed by atoms with van der Waals surface area (Å²) in [5.41, 5.74) is 1.65. The molecule has 31 heavy (non-hydrogen) atoms. The van der Waals surface area contributed by atoms with E-state index >= 15 is 0 Å². The van der Waals surface area contributed by atoms with E-state index in [0.717, 1.165) is 11.3 Å². The van der Waals surface area contributed by atoms with E-state index < -0.39 is 0 Å². The SMILES string of the molecule is CCn1c(SCC(=O)Nc2cc(Cl)ccc2C)nnc1C(C)Oc1cccc(OC)c1. The van der Waals surface area contributed by atoms with Crippen molar-refractivity contribution in [2.75, 3.05) is 18.2 Å². The van der Waals surface area contributed by atoms with Gasteiger partial charge in [-0.3, -0.25) is 4.79 Å². The van der Waals surface area contributed by atoms with Gasteiger partial charge in [-0.25, -0.2) is 0 Å². The topological polar surface area (TPSA) is 78.3 Å². The number of aryl methyl sites for hydroxylation is 1. The Morgan fingerprint density at radius 3 is 2.74 bits per heavy atom. The molecule has 1 aromatic heterocycles. The van der Waals surface area contributed by atoms with Gasteiger partial charge in [0.05, 0.1) is 12.9 Å². The third-order valence-electron chi connectivity index (χ3n) is 4.59. The van der Waals surface area contributed by atoms with E-state index in [9.17, 15) is 4.79 Å². The fraction of sp³-hybridized carbons (Fsp3) is 0.318. The smallest absolute Gasteiger partial charge is 0.234 e. The molecule has 0 aliphatic carbocycles. The molecule has 0 fully saturated rings. The minimum Gasteiger partial charge on any atom is -0.497 e. The highest BCUT2D eigenvalue weighted by molar-refractivity contribution is 7.99.